The molecule has 17 heavy (non-hydrogen) atoms. The van der Waals surface area contributed by atoms with Gasteiger partial charge in [0, 0.05) is 12.4 Å². The lowest BCUT2D eigenvalue weighted by molar-refractivity contribution is 0.0734. The molecule has 2 heterocycles. The van der Waals surface area contributed by atoms with Crippen LogP contribution < -0.4 is 4.74 Å². The highest BCUT2D eigenvalue weighted by molar-refractivity contribution is 6.32. The molecule has 6 heteroatoms. The quantitative estimate of drug-likeness (QED) is 0.621. The molecule has 0 N–H and O–H groups in total. The monoisotopic (exact) mass is 268 g/mol. The standard InChI is InChI=1S/C11H6Cl2N2O2/c12-9-7(3-1-5-14-9)11(16)17-8-4-2-6-15-10(8)13/h1-6H. The summed E-state index contributed by atoms with van der Waals surface area (Å²) in [6.45, 7) is 0. The number of nitrogens with zero attached hydrogens (tertiary/aromatic N) is 2. The molecule has 0 bridgehead atoms. The normalized spacial score (nSPS) is 10.0. The number of carbonyl (C=O) groups is 1. The Morgan fingerprint density at radius 3 is 2.35 bits per heavy atom. The molecule has 0 saturated carbocycles. The molecule has 0 saturated heterocycles. The van der Waals surface area contributed by atoms with Gasteiger partial charge in [0.25, 0.3) is 0 Å². The van der Waals surface area contributed by atoms with Crippen molar-refractivity contribution in [3.8, 4) is 5.75 Å². The van der Waals surface area contributed by atoms with Crippen LogP contribution >= 0.6 is 23.2 Å². The van der Waals surface area contributed by atoms with E-state index < -0.39 is 5.97 Å². The van der Waals surface area contributed by atoms with Gasteiger partial charge >= 0.3 is 5.97 Å². The summed E-state index contributed by atoms with van der Waals surface area (Å²) in [7, 11) is 0. The molecular weight excluding hydrogens is 263 g/mol. The molecule has 2 rings (SSSR count). The second-order valence-electron chi connectivity index (χ2n) is 3.02. The highest BCUT2D eigenvalue weighted by atomic mass is 35.5. The van der Waals surface area contributed by atoms with Gasteiger partial charge in [0.1, 0.15) is 5.15 Å². The summed E-state index contributed by atoms with van der Waals surface area (Å²) in [5, 5.41) is 0.193. The smallest absolute Gasteiger partial charge is 0.346 e. The zero-order valence-corrected chi connectivity index (χ0v) is 9.94. The highest BCUT2D eigenvalue weighted by Crippen LogP contribution is 2.22. The van der Waals surface area contributed by atoms with Crippen molar-refractivity contribution in [2.24, 2.45) is 0 Å². The first-order valence-electron chi connectivity index (χ1n) is 4.61. The summed E-state index contributed by atoms with van der Waals surface area (Å²) in [5.41, 5.74) is 0.175. The molecule has 0 aliphatic carbocycles. The Labute approximate surface area is 107 Å². The van der Waals surface area contributed by atoms with Crippen LogP contribution in [-0.2, 0) is 0 Å². The minimum Gasteiger partial charge on any atom is -0.420 e. The summed E-state index contributed by atoms with van der Waals surface area (Å²) >= 11 is 11.5. The van der Waals surface area contributed by atoms with Gasteiger partial charge in [-0.2, -0.15) is 0 Å². The number of esters is 1. The maximum absolute atomic E-state index is 11.8. The van der Waals surface area contributed by atoms with Gasteiger partial charge in [-0.15, -0.1) is 0 Å². The van der Waals surface area contributed by atoms with Crippen molar-refractivity contribution >= 4 is 29.2 Å². The number of rotatable bonds is 2. The molecule has 0 aromatic carbocycles. The van der Waals surface area contributed by atoms with Crippen LogP contribution in [0.2, 0.25) is 10.3 Å². The van der Waals surface area contributed by atoms with E-state index in [0.29, 0.717) is 0 Å². The Hall–Kier alpha value is -1.65. The summed E-state index contributed by atoms with van der Waals surface area (Å²) in [5.74, 6) is -0.447. The van der Waals surface area contributed by atoms with E-state index in [-0.39, 0.29) is 21.6 Å². The Morgan fingerprint density at radius 2 is 1.71 bits per heavy atom. The van der Waals surface area contributed by atoms with Gasteiger partial charge < -0.3 is 4.74 Å². The van der Waals surface area contributed by atoms with Crippen LogP contribution in [0.1, 0.15) is 10.4 Å². The van der Waals surface area contributed by atoms with E-state index in [1.807, 2.05) is 0 Å². The summed E-state index contributed by atoms with van der Waals surface area (Å²) in [4.78, 5) is 19.3. The van der Waals surface area contributed by atoms with Crippen LogP contribution in [0, 0.1) is 0 Å². The molecule has 0 unspecified atom stereocenters. The van der Waals surface area contributed by atoms with E-state index in [0.717, 1.165) is 0 Å². The predicted octanol–water partition coefficient (Wildman–Crippen LogP) is 3.00. The molecule has 0 radical (unpaired) electrons. The highest BCUT2D eigenvalue weighted by Gasteiger charge is 2.14. The Kier molecular flexibility index (Phi) is 3.56. The lowest BCUT2D eigenvalue weighted by atomic mass is 10.3. The second kappa shape index (κ2) is 5.12. The number of hydrogen-bond donors (Lipinski definition) is 0. The Balaban J connectivity index is 2.24. The maximum Gasteiger partial charge on any atom is 0.346 e. The van der Waals surface area contributed by atoms with Crippen molar-refractivity contribution in [1.29, 1.82) is 0 Å². The van der Waals surface area contributed by atoms with Crippen molar-refractivity contribution in [3.63, 3.8) is 0 Å². The van der Waals surface area contributed by atoms with Crippen LogP contribution in [0.5, 0.6) is 5.75 Å². The van der Waals surface area contributed by atoms with E-state index in [4.69, 9.17) is 27.9 Å². The summed E-state index contributed by atoms with van der Waals surface area (Å²) in [6, 6.07) is 6.26. The van der Waals surface area contributed by atoms with Gasteiger partial charge in [-0.25, -0.2) is 14.8 Å². The molecule has 2 aromatic rings. The zero-order chi connectivity index (χ0) is 12.3. The molecule has 0 atom stereocenters. The van der Waals surface area contributed by atoms with E-state index in [9.17, 15) is 4.79 Å². The first-order valence-corrected chi connectivity index (χ1v) is 5.37. The minimum absolute atomic E-state index is 0.0810. The number of halogens is 2. The van der Waals surface area contributed by atoms with Crippen LogP contribution in [-0.4, -0.2) is 15.9 Å². The minimum atomic E-state index is -0.627. The van der Waals surface area contributed by atoms with Crippen molar-refractivity contribution < 1.29 is 9.53 Å². The van der Waals surface area contributed by atoms with E-state index >= 15 is 0 Å². The van der Waals surface area contributed by atoms with Crippen LogP contribution in [0.15, 0.2) is 36.7 Å². The third-order valence-electron chi connectivity index (χ3n) is 1.91. The number of aromatic nitrogens is 2. The maximum atomic E-state index is 11.8. The van der Waals surface area contributed by atoms with Gasteiger partial charge in [0.2, 0.25) is 0 Å². The SMILES string of the molecule is O=C(Oc1cccnc1Cl)c1cccnc1Cl. The zero-order valence-electron chi connectivity index (χ0n) is 8.43. The third-order valence-corrected chi connectivity index (χ3v) is 2.49. The number of ether oxygens (including phenoxy) is 1. The van der Waals surface area contributed by atoms with Crippen molar-refractivity contribution in [2.45, 2.75) is 0 Å². The molecule has 2 aromatic heterocycles. The average molecular weight is 269 g/mol. The lowest BCUT2D eigenvalue weighted by Crippen LogP contribution is -2.10. The van der Waals surface area contributed by atoms with Gasteiger partial charge in [-0.3, -0.25) is 0 Å². The van der Waals surface area contributed by atoms with E-state index in [2.05, 4.69) is 9.97 Å². The fourth-order valence-corrected chi connectivity index (χ4v) is 1.49. The predicted molar refractivity (Wildman–Crippen MR) is 63.5 cm³/mol. The molecule has 0 aliphatic heterocycles. The van der Waals surface area contributed by atoms with Gasteiger partial charge in [-0.1, -0.05) is 23.2 Å². The summed E-state index contributed by atoms with van der Waals surface area (Å²) in [6.07, 6.45) is 2.98. The first kappa shape index (κ1) is 11.8. The van der Waals surface area contributed by atoms with Gasteiger partial charge in [0.05, 0.1) is 5.56 Å². The molecule has 0 aliphatic rings. The topological polar surface area (TPSA) is 52.1 Å². The molecule has 0 fully saturated rings. The first-order chi connectivity index (χ1) is 8.18. The average Bonchev–Trinajstić information content (AvgIpc) is 2.32. The number of carbonyl (C=O) groups excluding carboxylic acids is 1. The third kappa shape index (κ3) is 2.72. The van der Waals surface area contributed by atoms with Crippen LogP contribution in [0.3, 0.4) is 0 Å². The second-order valence-corrected chi connectivity index (χ2v) is 3.74. The van der Waals surface area contributed by atoms with E-state index in [1.165, 1.54) is 24.5 Å². The number of hydrogen-bond acceptors (Lipinski definition) is 4. The van der Waals surface area contributed by atoms with Crippen LogP contribution in [0.4, 0.5) is 0 Å². The molecule has 4 nitrogen and oxygen atoms in total. The van der Waals surface area contributed by atoms with Crippen LogP contribution in [0.25, 0.3) is 0 Å². The Morgan fingerprint density at radius 1 is 1.06 bits per heavy atom. The molecule has 0 spiro atoms. The molecule has 86 valence electrons. The largest absolute Gasteiger partial charge is 0.420 e. The fourth-order valence-electron chi connectivity index (χ4n) is 1.14. The Bertz CT molecular complexity index is 561. The van der Waals surface area contributed by atoms with Crippen molar-refractivity contribution in [1.82, 2.24) is 9.97 Å². The van der Waals surface area contributed by atoms with Crippen molar-refractivity contribution in [2.75, 3.05) is 0 Å². The summed E-state index contributed by atoms with van der Waals surface area (Å²) < 4.78 is 5.05. The number of pyridine rings is 2. The molecule has 0 amide bonds. The lowest BCUT2D eigenvalue weighted by Gasteiger charge is -2.05. The molecular formula is C11H6Cl2N2O2. The van der Waals surface area contributed by atoms with E-state index in [1.54, 1.807) is 12.1 Å². The van der Waals surface area contributed by atoms with Crippen molar-refractivity contribution in [3.05, 3.63) is 52.5 Å². The fraction of sp³-hybridized carbons (Fsp3) is 0. The van der Waals surface area contributed by atoms with Gasteiger partial charge in [-0.05, 0) is 24.3 Å². The van der Waals surface area contributed by atoms with Gasteiger partial charge in [0.15, 0.2) is 10.9 Å².